The molecular weight excluding hydrogens is 392 g/mol. The lowest BCUT2D eigenvalue weighted by Gasteiger charge is -2.19. The molecule has 29 heavy (non-hydrogen) atoms. The summed E-state index contributed by atoms with van der Waals surface area (Å²) in [5, 5.41) is 3.68. The Hall–Kier alpha value is -3.36. The highest BCUT2D eigenvalue weighted by Crippen LogP contribution is 2.52. The third kappa shape index (κ3) is 3.22. The quantitative estimate of drug-likeness (QED) is 0.477. The van der Waals surface area contributed by atoms with Crippen LogP contribution in [0.2, 0.25) is 0 Å². The summed E-state index contributed by atoms with van der Waals surface area (Å²) >= 11 is 0. The van der Waals surface area contributed by atoms with Gasteiger partial charge in [0.2, 0.25) is 5.88 Å². The van der Waals surface area contributed by atoms with Gasteiger partial charge in [-0.2, -0.15) is 18.3 Å². The normalized spacial score (nSPS) is 18.2. The molecule has 0 saturated heterocycles. The summed E-state index contributed by atoms with van der Waals surface area (Å²) in [6.07, 6.45) is -5.94. The van der Waals surface area contributed by atoms with Gasteiger partial charge in [-0.25, -0.2) is 9.07 Å². The van der Waals surface area contributed by atoms with Crippen LogP contribution in [0.3, 0.4) is 0 Å². The Morgan fingerprint density at radius 2 is 1.76 bits per heavy atom. The molecule has 2 heterocycles. The monoisotopic (exact) mass is 406 g/mol. The molecule has 5 nitrogen and oxygen atoms in total. The molecule has 0 N–H and O–H groups in total. The maximum absolute atomic E-state index is 13.8. The molecule has 4 rings (SSSR count). The van der Waals surface area contributed by atoms with Crippen molar-refractivity contribution in [3.8, 4) is 11.6 Å². The van der Waals surface area contributed by atoms with E-state index in [1.165, 1.54) is 12.1 Å². The minimum Gasteiger partial charge on any atom is -0.468 e. The summed E-state index contributed by atoms with van der Waals surface area (Å²) in [4.78, 5) is 12.5. The van der Waals surface area contributed by atoms with Crippen molar-refractivity contribution in [3.63, 3.8) is 0 Å². The highest BCUT2D eigenvalue weighted by molar-refractivity contribution is 5.82. The smallest absolute Gasteiger partial charge is 0.435 e. The number of nitrogens with zero attached hydrogens (tertiary/aromatic N) is 2. The van der Waals surface area contributed by atoms with E-state index in [1.54, 1.807) is 30.3 Å². The van der Waals surface area contributed by atoms with Gasteiger partial charge in [0.1, 0.15) is 17.8 Å². The molecule has 2 atom stereocenters. The molecule has 0 fully saturated rings. The minimum atomic E-state index is -4.82. The number of halogens is 4. The standard InChI is InChI=1S/C20H14F4N2O3/c1-28-19(27)14-15-17(20(22,23)24)25-26(13-5-3-2-4-6-13)18(15)29-16(14)11-7-9-12(21)10-8-11/h2-10,14,16H,1H3/t14-,16+/m0/s1. The number of hydrogen-bond donors (Lipinski definition) is 0. The first-order chi connectivity index (χ1) is 13.8. The number of methoxy groups -OCH3 is 1. The van der Waals surface area contributed by atoms with Crippen LogP contribution in [-0.4, -0.2) is 22.9 Å². The largest absolute Gasteiger partial charge is 0.468 e. The number of esters is 1. The second kappa shape index (κ2) is 6.91. The molecule has 3 aromatic rings. The SMILES string of the molecule is COC(=O)[C@H]1c2c(C(F)(F)F)nn(-c3ccccc3)c2O[C@@H]1c1ccc(F)cc1. The molecular formula is C20H14F4N2O3. The van der Waals surface area contributed by atoms with Gasteiger partial charge in [0.15, 0.2) is 5.69 Å². The molecule has 1 aromatic heterocycles. The molecule has 0 aliphatic carbocycles. The molecule has 2 aromatic carbocycles. The van der Waals surface area contributed by atoms with Crippen LogP contribution < -0.4 is 4.74 Å². The van der Waals surface area contributed by atoms with Crippen LogP contribution in [0.25, 0.3) is 5.69 Å². The van der Waals surface area contributed by atoms with Gasteiger partial charge < -0.3 is 9.47 Å². The maximum Gasteiger partial charge on any atom is 0.435 e. The number of fused-ring (bicyclic) bond motifs is 1. The summed E-state index contributed by atoms with van der Waals surface area (Å²) in [6, 6.07) is 13.1. The zero-order valence-electron chi connectivity index (χ0n) is 15.0. The number of rotatable bonds is 3. The fraction of sp³-hybridized carbons (Fsp3) is 0.200. The van der Waals surface area contributed by atoms with Gasteiger partial charge >= 0.3 is 12.1 Å². The molecule has 1 aliphatic rings. The van der Waals surface area contributed by atoms with Crippen molar-refractivity contribution in [2.45, 2.75) is 18.2 Å². The minimum absolute atomic E-state index is 0.201. The molecule has 0 spiro atoms. The van der Waals surface area contributed by atoms with E-state index in [9.17, 15) is 22.4 Å². The topological polar surface area (TPSA) is 53.3 Å². The van der Waals surface area contributed by atoms with Gasteiger partial charge in [-0.15, -0.1) is 0 Å². The number of carbonyl (C=O) groups excluding carboxylic acids is 1. The Morgan fingerprint density at radius 1 is 1.10 bits per heavy atom. The number of ether oxygens (including phenoxy) is 2. The first-order valence-electron chi connectivity index (χ1n) is 8.56. The van der Waals surface area contributed by atoms with Crippen molar-refractivity contribution in [3.05, 3.63) is 77.2 Å². The fourth-order valence-corrected chi connectivity index (χ4v) is 3.38. The molecule has 9 heteroatoms. The lowest BCUT2D eigenvalue weighted by atomic mass is 9.91. The van der Waals surface area contributed by atoms with Crippen molar-refractivity contribution in [2.24, 2.45) is 0 Å². The first kappa shape index (κ1) is 19.0. The van der Waals surface area contributed by atoms with Gasteiger partial charge in [-0.3, -0.25) is 4.79 Å². The van der Waals surface area contributed by atoms with Crippen molar-refractivity contribution in [2.75, 3.05) is 7.11 Å². The fourth-order valence-electron chi connectivity index (χ4n) is 3.38. The molecule has 0 saturated carbocycles. The van der Waals surface area contributed by atoms with Crippen LogP contribution in [0.15, 0.2) is 54.6 Å². The number of aromatic nitrogens is 2. The van der Waals surface area contributed by atoms with E-state index in [1.807, 2.05) is 0 Å². The maximum atomic E-state index is 13.8. The second-order valence-corrected chi connectivity index (χ2v) is 6.40. The Morgan fingerprint density at radius 3 is 2.34 bits per heavy atom. The Kier molecular flexibility index (Phi) is 4.52. The van der Waals surface area contributed by atoms with Crippen molar-refractivity contribution < 1.29 is 31.8 Å². The van der Waals surface area contributed by atoms with Crippen LogP contribution in [0.4, 0.5) is 17.6 Å². The number of hydrogen-bond acceptors (Lipinski definition) is 4. The molecule has 0 radical (unpaired) electrons. The lowest BCUT2D eigenvalue weighted by Crippen LogP contribution is -2.23. The van der Waals surface area contributed by atoms with E-state index in [0.717, 1.165) is 23.9 Å². The molecule has 0 amide bonds. The summed E-state index contributed by atoms with van der Waals surface area (Å²) in [7, 11) is 1.08. The average Bonchev–Trinajstić information content (AvgIpc) is 3.25. The highest BCUT2D eigenvalue weighted by Gasteiger charge is 2.52. The zero-order chi connectivity index (χ0) is 20.8. The van der Waals surface area contributed by atoms with Gasteiger partial charge in [0, 0.05) is 0 Å². The van der Waals surface area contributed by atoms with E-state index >= 15 is 0 Å². The summed E-state index contributed by atoms with van der Waals surface area (Å²) < 4.78 is 66.2. The molecule has 150 valence electrons. The van der Waals surface area contributed by atoms with Crippen molar-refractivity contribution in [1.82, 2.24) is 9.78 Å². The van der Waals surface area contributed by atoms with Crippen LogP contribution >= 0.6 is 0 Å². The second-order valence-electron chi connectivity index (χ2n) is 6.40. The summed E-state index contributed by atoms with van der Waals surface area (Å²) in [5.74, 6) is -3.04. The van der Waals surface area contributed by atoms with Gasteiger partial charge in [0.05, 0.1) is 18.4 Å². The van der Waals surface area contributed by atoms with Crippen LogP contribution in [0.1, 0.15) is 28.8 Å². The number of alkyl halides is 3. The van der Waals surface area contributed by atoms with E-state index in [0.29, 0.717) is 11.3 Å². The summed E-state index contributed by atoms with van der Waals surface area (Å²) in [6.45, 7) is 0. The van der Waals surface area contributed by atoms with E-state index in [-0.39, 0.29) is 5.88 Å². The van der Waals surface area contributed by atoms with Crippen LogP contribution in [0.5, 0.6) is 5.88 Å². The van der Waals surface area contributed by atoms with Gasteiger partial charge in [0.25, 0.3) is 0 Å². The predicted octanol–water partition coefficient (Wildman–Crippen LogP) is 4.42. The van der Waals surface area contributed by atoms with Crippen molar-refractivity contribution >= 4 is 5.97 Å². The van der Waals surface area contributed by atoms with E-state index in [2.05, 4.69) is 5.10 Å². The van der Waals surface area contributed by atoms with Crippen molar-refractivity contribution in [1.29, 1.82) is 0 Å². The van der Waals surface area contributed by atoms with Gasteiger partial charge in [-0.1, -0.05) is 30.3 Å². The zero-order valence-corrected chi connectivity index (χ0v) is 15.0. The number of benzene rings is 2. The molecule has 0 bridgehead atoms. The predicted molar refractivity (Wildman–Crippen MR) is 93.1 cm³/mol. The Bertz CT molecular complexity index is 1050. The number of para-hydroxylation sites is 1. The summed E-state index contributed by atoms with van der Waals surface area (Å²) in [5.41, 5.74) is -0.952. The van der Waals surface area contributed by atoms with Gasteiger partial charge in [-0.05, 0) is 29.8 Å². The molecule has 0 unspecified atom stereocenters. The Balaban J connectivity index is 1.93. The average molecular weight is 406 g/mol. The Labute approximate surface area is 162 Å². The number of carbonyl (C=O) groups is 1. The van der Waals surface area contributed by atoms with E-state index in [4.69, 9.17) is 9.47 Å². The van der Waals surface area contributed by atoms with Crippen LogP contribution in [0, 0.1) is 5.82 Å². The highest BCUT2D eigenvalue weighted by atomic mass is 19.4. The van der Waals surface area contributed by atoms with E-state index < -0.39 is 41.2 Å². The first-order valence-corrected chi connectivity index (χ1v) is 8.56. The lowest BCUT2D eigenvalue weighted by molar-refractivity contribution is -0.146. The third-order valence-electron chi connectivity index (χ3n) is 4.65. The molecule has 1 aliphatic heterocycles. The van der Waals surface area contributed by atoms with Crippen LogP contribution in [-0.2, 0) is 15.7 Å². The third-order valence-corrected chi connectivity index (χ3v) is 4.65.